The van der Waals surface area contributed by atoms with Gasteiger partial charge in [-0.25, -0.2) is 0 Å². The lowest BCUT2D eigenvalue weighted by atomic mass is 10.0. The van der Waals surface area contributed by atoms with Crippen molar-refractivity contribution in [2.45, 2.75) is 38.8 Å². The second kappa shape index (κ2) is 10.3. The van der Waals surface area contributed by atoms with Crippen molar-refractivity contribution in [2.24, 2.45) is 7.05 Å². The molecule has 0 unspecified atom stereocenters. The van der Waals surface area contributed by atoms with Gasteiger partial charge in [-0.05, 0) is 24.6 Å². The lowest BCUT2D eigenvalue weighted by Crippen LogP contribution is -2.37. The molecule has 176 valence electrons. The van der Waals surface area contributed by atoms with E-state index in [0.29, 0.717) is 30.9 Å². The Hall–Kier alpha value is -3.94. The fourth-order valence-corrected chi connectivity index (χ4v) is 4.22. The Labute approximate surface area is 199 Å². The van der Waals surface area contributed by atoms with Crippen LogP contribution in [0.3, 0.4) is 0 Å². The van der Waals surface area contributed by atoms with E-state index in [1.165, 1.54) is 0 Å². The van der Waals surface area contributed by atoms with Gasteiger partial charge in [0.15, 0.2) is 5.69 Å². The number of rotatable bonds is 7. The molecular weight excluding hydrogens is 430 g/mol. The van der Waals surface area contributed by atoms with Crippen molar-refractivity contribution >= 4 is 23.4 Å². The van der Waals surface area contributed by atoms with Gasteiger partial charge < -0.3 is 15.5 Å². The number of carbonyl (C=O) groups is 3. The minimum absolute atomic E-state index is 0.105. The predicted octanol–water partition coefficient (Wildman–Crippen LogP) is 3.21. The van der Waals surface area contributed by atoms with E-state index in [-0.39, 0.29) is 36.6 Å². The minimum atomic E-state index is -0.299. The smallest absolute Gasteiger partial charge is 0.276 e. The zero-order valence-corrected chi connectivity index (χ0v) is 19.5. The van der Waals surface area contributed by atoms with Crippen molar-refractivity contribution in [3.05, 3.63) is 83.2 Å². The lowest BCUT2D eigenvalue weighted by molar-refractivity contribution is -0.134. The third kappa shape index (κ3) is 5.33. The maximum atomic E-state index is 12.9. The molecule has 1 aliphatic heterocycles. The highest BCUT2D eigenvalue weighted by molar-refractivity contribution is 6.04. The summed E-state index contributed by atoms with van der Waals surface area (Å²) in [6.45, 7) is 2.76. The van der Waals surface area contributed by atoms with E-state index < -0.39 is 0 Å². The third-order valence-corrected chi connectivity index (χ3v) is 6.08. The van der Waals surface area contributed by atoms with Crippen molar-refractivity contribution in [1.82, 2.24) is 20.0 Å². The molecule has 8 nitrogen and oxygen atoms in total. The molecule has 0 aliphatic carbocycles. The summed E-state index contributed by atoms with van der Waals surface area (Å²) in [5.74, 6) is -0.565. The number of benzene rings is 2. The van der Waals surface area contributed by atoms with E-state index in [2.05, 4.69) is 15.7 Å². The molecule has 1 aromatic heterocycles. The Kier molecular flexibility index (Phi) is 7.06. The molecule has 0 spiro atoms. The highest BCUT2D eigenvalue weighted by Gasteiger charge is 2.29. The predicted molar refractivity (Wildman–Crippen MR) is 129 cm³/mol. The van der Waals surface area contributed by atoms with Crippen molar-refractivity contribution in [1.29, 1.82) is 0 Å². The average Bonchev–Trinajstić information content (AvgIpc) is 3.19. The Balaban J connectivity index is 1.35. The summed E-state index contributed by atoms with van der Waals surface area (Å²) in [7, 11) is 1.81. The summed E-state index contributed by atoms with van der Waals surface area (Å²) in [6.07, 6.45) is 0.850. The Morgan fingerprint density at radius 3 is 2.38 bits per heavy atom. The molecule has 2 N–H and O–H groups in total. The van der Waals surface area contributed by atoms with Crippen LogP contribution in [0.4, 0.5) is 5.69 Å². The minimum Gasteiger partial charge on any atom is -0.350 e. The van der Waals surface area contributed by atoms with Crippen LogP contribution in [0.15, 0.2) is 60.7 Å². The van der Waals surface area contributed by atoms with Gasteiger partial charge in [-0.2, -0.15) is 5.10 Å². The largest absolute Gasteiger partial charge is 0.350 e. The summed E-state index contributed by atoms with van der Waals surface area (Å²) in [5.41, 5.74) is 3.75. The number of fused-ring (bicyclic) bond motifs is 1. The number of carbonyl (C=O) groups excluding carboxylic acids is 3. The molecule has 0 radical (unpaired) electrons. The standard InChI is InChI=1S/C26H29N5O3/c1-18(19-9-5-3-6-10-19)27-23(32)13-14-24(33)31-16-15-22-21(17-31)25(29-30(22)2)26(34)28-20-11-7-4-8-12-20/h3-12,18H,13-17H2,1-2H3,(H,27,32)(H,28,34)/t18-/m1/s1. The van der Waals surface area contributed by atoms with E-state index in [9.17, 15) is 14.4 Å². The lowest BCUT2D eigenvalue weighted by Gasteiger charge is -2.27. The molecular formula is C26H29N5O3. The summed E-state index contributed by atoms with van der Waals surface area (Å²) >= 11 is 0. The molecule has 0 fully saturated rings. The van der Waals surface area contributed by atoms with Crippen LogP contribution in [0.5, 0.6) is 0 Å². The van der Waals surface area contributed by atoms with E-state index in [0.717, 1.165) is 16.8 Å². The van der Waals surface area contributed by atoms with Crippen molar-refractivity contribution in [3.63, 3.8) is 0 Å². The second-order valence-corrected chi connectivity index (χ2v) is 8.48. The van der Waals surface area contributed by atoms with Crippen LogP contribution in [-0.4, -0.2) is 38.9 Å². The van der Waals surface area contributed by atoms with Gasteiger partial charge in [-0.1, -0.05) is 48.5 Å². The van der Waals surface area contributed by atoms with Crippen molar-refractivity contribution < 1.29 is 14.4 Å². The summed E-state index contributed by atoms with van der Waals surface area (Å²) in [4.78, 5) is 39.8. The van der Waals surface area contributed by atoms with Crippen LogP contribution in [0.25, 0.3) is 0 Å². The average molecular weight is 460 g/mol. The van der Waals surface area contributed by atoms with E-state index >= 15 is 0 Å². The Bertz CT molecular complexity index is 1170. The molecule has 4 rings (SSSR count). The number of amides is 3. The first-order chi connectivity index (χ1) is 16.4. The molecule has 3 amide bonds. The number of hydrogen-bond acceptors (Lipinski definition) is 4. The van der Waals surface area contributed by atoms with E-state index in [1.807, 2.05) is 74.6 Å². The molecule has 2 heterocycles. The molecule has 0 saturated heterocycles. The number of para-hydroxylation sites is 1. The third-order valence-electron chi connectivity index (χ3n) is 6.08. The Morgan fingerprint density at radius 1 is 1.00 bits per heavy atom. The van der Waals surface area contributed by atoms with Crippen LogP contribution in [0.2, 0.25) is 0 Å². The number of anilines is 1. The molecule has 2 aromatic carbocycles. The van der Waals surface area contributed by atoms with Gasteiger partial charge >= 0.3 is 0 Å². The highest BCUT2D eigenvalue weighted by atomic mass is 16.2. The van der Waals surface area contributed by atoms with Crippen LogP contribution < -0.4 is 10.6 Å². The van der Waals surface area contributed by atoms with Gasteiger partial charge in [-0.3, -0.25) is 19.1 Å². The SMILES string of the molecule is C[C@@H](NC(=O)CCC(=O)N1CCc2c(c(C(=O)Nc3ccccc3)nn2C)C1)c1ccccc1. The molecule has 1 aliphatic rings. The van der Waals surface area contributed by atoms with Gasteiger partial charge in [-0.15, -0.1) is 0 Å². The fourth-order valence-electron chi connectivity index (χ4n) is 4.22. The number of nitrogens with one attached hydrogen (secondary N) is 2. The van der Waals surface area contributed by atoms with Gasteiger partial charge in [0.1, 0.15) is 0 Å². The van der Waals surface area contributed by atoms with Crippen LogP contribution in [0, 0.1) is 0 Å². The number of hydrogen-bond donors (Lipinski definition) is 2. The van der Waals surface area contributed by atoms with Gasteiger partial charge in [0.05, 0.1) is 6.04 Å². The number of nitrogens with zero attached hydrogens (tertiary/aromatic N) is 3. The van der Waals surface area contributed by atoms with Gasteiger partial charge in [0, 0.05) is 56.3 Å². The van der Waals surface area contributed by atoms with Gasteiger partial charge in [0.25, 0.3) is 5.91 Å². The fraction of sp³-hybridized carbons (Fsp3) is 0.308. The molecule has 34 heavy (non-hydrogen) atoms. The molecule has 0 bridgehead atoms. The maximum absolute atomic E-state index is 12.9. The van der Waals surface area contributed by atoms with E-state index in [4.69, 9.17) is 0 Å². The highest BCUT2D eigenvalue weighted by Crippen LogP contribution is 2.24. The van der Waals surface area contributed by atoms with Crippen molar-refractivity contribution in [3.8, 4) is 0 Å². The summed E-state index contributed by atoms with van der Waals surface area (Å²) in [6, 6.07) is 18.8. The summed E-state index contributed by atoms with van der Waals surface area (Å²) < 4.78 is 1.72. The number of aryl methyl sites for hydroxylation is 1. The first-order valence-corrected chi connectivity index (χ1v) is 11.5. The van der Waals surface area contributed by atoms with Crippen LogP contribution in [0.1, 0.15) is 53.1 Å². The molecule has 8 heteroatoms. The molecule has 1 atom stereocenters. The summed E-state index contributed by atoms with van der Waals surface area (Å²) in [5, 5.41) is 10.2. The zero-order valence-electron chi connectivity index (χ0n) is 19.5. The maximum Gasteiger partial charge on any atom is 0.276 e. The zero-order chi connectivity index (χ0) is 24.1. The second-order valence-electron chi connectivity index (χ2n) is 8.48. The first-order valence-electron chi connectivity index (χ1n) is 11.5. The number of aromatic nitrogens is 2. The first kappa shape index (κ1) is 23.2. The topological polar surface area (TPSA) is 96.3 Å². The molecule has 3 aromatic rings. The van der Waals surface area contributed by atoms with Crippen LogP contribution >= 0.6 is 0 Å². The van der Waals surface area contributed by atoms with Gasteiger partial charge in [0.2, 0.25) is 11.8 Å². The molecule has 0 saturated carbocycles. The van der Waals surface area contributed by atoms with E-state index in [1.54, 1.807) is 9.58 Å². The quantitative estimate of drug-likeness (QED) is 0.567. The van der Waals surface area contributed by atoms with Crippen molar-refractivity contribution in [2.75, 3.05) is 11.9 Å². The van der Waals surface area contributed by atoms with Crippen LogP contribution in [-0.2, 0) is 29.6 Å². The monoisotopic (exact) mass is 459 g/mol. The normalized spacial score (nSPS) is 13.6. The Morgan fingerprint density at radius 2 is 1.68 bits per heavy atom.